The van der Waals surface area contributed by atoms with Crippen molar-refractivity contribution in [2.45, 2.75) is 39.7 Å². The van der Waals surface area contributed by atoms with Crippen LogP contribution in [0.25, 0.3) is 0 Å². The van der Waals surface area contributed by atoms with E-state index in [1.807, 2.05) is 18.7 Å². The molecule has 0 aliphatic carbocycles. The van der Waals surface area contributed by atoms with Gasteiger partial charge in [0.05, 0.1) is 10.0 Å². The summed E-state index contributed by atoms with van der Waals surface area (Å²) in [7, 11) is 0. The third kappa shape index (κ3) is 3.25. The van der Waals surface area contributed by atoms with Crippen LogP contribution >= 0.6 is 15.9 Å². The maximum Gasteiger partial charge on any atom is 0.226 e. The fourth-order valence-electron chi connectivity index (χ4n) is 1.49. The highest BCUT2D eigenvalue weighted by molar-refractivity contribution is 9.10. The molecule has 1 aromatic heterocycles. The molecule has 0 saturated carbocycles. The lowest BCUT2D eigenvalue weighted by Gasteiger charge is -2.36. The summed E-state index contributed by atoms with van der Waals surface area (Å²) in [5.74, 6) is 0.702. The molecule has 0 atom stereocenters. The Bertz CT molecular complexity index is 389. The predicted molar refractivity (Wildman–Crippen MR) is 72.1 cm³/mol. The van der Waals surface area contributed by atoms with E-state index in [1.54, 1.807) is 19.3 Å². The molecule has 5 heteroatoms. The zero-order valence-corrected chi connectivity index (χ0v) is 12.3. The van der Waals surface area contributed by atoms with Crippen molar-refractivity contribution in [1.29, 1.82) is 0 Å². The maximum absolute atomic E-state index is 11.7. The normalized spacial score (nSPS) is 11.4. The van der Waals surface area contributed by atoms with Gasteiger partial charge < -0.3 is 4.90 Å². The van der Waals surface area contributed by atoms with E-state index in [-0.39, 0.29) is 5.78 Å². The van der Waals surface area contributed by atoms with Gasteiger partial charge in [0, 0.05) is 18.9 Å². The SMILES string of the molecule is CCCN(c1ncc(Br)cn1)C(C)(C)C(C)=O. The van der Waals surface area contributed by atoms with Crippen molar-refractivity contribution in [3.05, 3.63) is 16.9 Å². The summed E-state index contributed by atoms with van der Waals surface area (Å²) in [5.41, 5.74) is -0.580. The topological polar surface area (TPSA) is 46.1 Å². The molecule has 17 heavy (non-hydrogen) atoms. The lowest BCUT2D eigenvalue weighted by Crippen LogP contribution is -2.50. The van der Waals surface area contributed by atoms with E-state index in [0.29, 0.717) is 5.95 Å². The minimum atomic E-state index is -0.580. The number of ketones is 1. The molecule has 4 nitrogen and oxygen atoms in total. The fourth-order valence-corrected chi connectivity index (χ4v) is 1.69. The van der Waals surface area contributed by atoms with E-state index in [9.17, 15) is 4.79 Å². The highest BCUT2D eigenvalue weighted by Crippen LogP contribution is 2.22. The monoisotopic (exact) mass is 299 g/mol. The number of carbonyl (C=O) groups is 1. The highest BCUT2D eigenvalue weighted by atomic mass is 79.9. The number of halogens is 1. The lowest BCUT2D eigenvalue weighted by atomic mass is 9.98. The van der Waals surface area contributed by atoms with Gasteiger partial charge in [0.2, 0.25) is 5.95 Å². The molecule has 0 aliphatic heterocycles. The van der Waals surface area contributed by atoms with Gasteiger partial charge in [0.25, 0.3) is 0 Å². The number of anilines is 1. The Labute approximate surface area is 111 Å². The standard InChI is InChI=1S/C12H18BrN3O/c1-5-6-16(12(3,4)9(2)17)11-14-7-10(13)8-15-11/h7-8H,5-6H2,1-4H3. The maximum atomic E-state index is 11.7. The predicted octanol–water partition coefficient (Wildman–Crippen LogP) is 2.82. The van der Waals surface area contributed by atoms with Gasteiger partial charge in [-0.05, 0) is 43.1 Å². The summed E-state index contributed by atoms with van der Waals surface area (Å²) in [6, 6.07) is 0. The van der Waals surface area contributed by atoms with Crippen LogP contribution in [-0.2, 0) is 4.79 Å². The molecule has 1 aromatic rings. The van der Waals surface area contributed by atoms with Crippen LogP contribution in [0.5, 0.6) is 0 Å². The lowest BCUT2D eigenvalue weighted by molar-refractivity contribution is -0.121. The molecule has 0 fully saturated rings. The first-order valence-corrected chi connectivity index (χ1v) is 6.45. The van der Waals surface area contributed by atoms with Crippen LogP contribution in [-0.4, -0.2) is 27.8 Å². The molecule has 0 amide bonds. The molecule has 0 aromatic carbocycles. The van der Waals surface area contributed by atoms with Gasteiger partial charge in [0.15, 0.2) is 5.78 Å². The number of carbonyl (C=O) groups excluding carboxylic acids is 1. The molecule has 1 rings (SSSR count). The molecule has 0 saturated heterocycles. The van der Waals surface area contributed by atoms with Crippen LogP contribution in [0.2, 0.25) is 0 Å². The van der Waals surface area contributed by atoms with Crippen LogP contribution in [0.4, 0.5) is 5.95 Å². The molecule has 0 radical (unpaired) electrons. The van der Waals surface area contributed by atoms with Gasteiger partial charge in [-0.25, -0.2) is 9.97 Å². The molecular weight excluding hydrogens is 282 g/mol. The Morgan fingerprint density at radius 2 is 1.94 bits per heavy atom. The van der Waals surface area contributed by atoms with Crippen molar-refractivity contribution >= 4 is 27.7 Å². The van der Waals surface area contributed by atoms with E-state index < -0.39 is 5.54 Å². The molecule has 0 N–H and O–H groups in total. The second-order valence-electron chi connectivity index (χ2n) is 4.47. The summed E-state index contributed by atoms with van der Waals surface area (Å²) in [5, 5.41) is 0. The Balaban J connectivity index is 3.08. The highest BCUT2D eigenvalue weighted by Gasteiger charge is 2.32. The van der Waals surface area contributed by atoms with E-state index >= 15 is 0 Å². The van der Waals surface area contributed by atoms with Crippen LogP contribution in [0.3, 0.4) is 0 Å². The van der Waals surface area contributed by atoms with Crippen molar-refractivity contribution in [2.75, 3.05) is 11.4 Å². The van der Waals surface area contributed by atoms with Gasteiger partial charge in [-0.15, -0.1) is 0 Å². The van der Waals surface area contributed by atoms with Crippen molar-refractivity contribution in [3.63, 3.8) is 0 Å². The molecule has 0 unspecified atom stereocenters. The Morgan fingerprint density at radius 3 is 2.35 bits per heavy atom. The third-order valence-electron chi connectivity index (χ3n) is 2.83. The van der Waals surface area contributed by atoms with Crippen LogP contribution in [0.15, 0.2) is 16.9 Å². The smallest absolute Gasteiger partial charge is 0.226 e. The van der Waals surface area contributed by atoms with Crippen LogP contribution in [0.1, 0.15) is 34.1 Å². The summed E-state index contributed by atoms with van der Waals surface area (Å²) in [6.45, 7) is 8.23. The van der Waals surface area contributed by atoms with E-state index in [0.717, 1.165) is 17.4 Å². The average molecular weight is 300 g/mol. The fraction of sp³-hybridized carbons (Fsp3) is 0.583. The second kappa shape index (κ2) is 5.58. The minimum absolute atomic E-state index is 0.109. The van der Waals surface area contributed by atoms with E-state index in [1.165, 1.54) is 0 Å². The Morgan fingerprint density at radius 1 is 1.41 bits per heavy atom. The molecule has 94 valence electrons. The van der Waals surface area contributed by atoms with Crippen LogP contribution < -0.4 is 4.90 Å². The quantitative estimate of drug-likeness (QED) is 0.839. The van der Waals surface area contributed by atoms with Crippen molar-refractivity contribution in [3.8, 4) is 0 Å². The van der Waals surface area contributed by atoms with Gasteiger partial charge in [-0.1, -0.05) is 6.92 Å². The second-order valence-corrected chi connectivity index (χ2v) is 5.38. The molecule has 0 aliphatic rings. The number of hydrogen-bond donors (Lipinski definition) is 0. The summed E-state index contributed by atoms with van der Waals surface area (Å²) >= 11 is 3.30. The van der Waals surface area contributed by atoms with Crippen LogP contribution in [0, 0.1) is 0 Å². The number of hydrogen-bond acceptors (Lipinski definition) is 4. The van der Waals surface area contributed by atoms with E-state index in [2.05, 4.69) is 32.8 Å². The number of aromatic nitrogens is 2. The summed E-state index contributed by atoms with van der Waals surface area (Å²) in [4.78, 5) is 22.2. The largest absolute Gasteiger partial charge is 0.329 e. The van der Waals surface area contributed by atoms with Crippen molar-refractivity contribution < 1.29 is 4.79 Å². The number of rotatable bonds is 5. The average Bonchev–Trinajstić information content (AvgIpc) is 2.27. The first kappa shape index (κ1) is 14.1. The van der Waals surface area contributed by atoms with Gasteiger partial charge in [-0.3, -0.25) is 4.79 Å². The molecular formula is C12H18BrN3O. The zero-order valence-electron chi connectivity index (χ0n) is 10.7. The minimum Gasteiger partial charge on any atom is -0.329 e. The number of nitrogens with zero attached hydrogens (tertiary/aromatic N) is 3. The summed E-state index contributed by atoms with van der Waals surface area (Å²) in [6.07, 6.45) is 4.33. The van der Waals surface area contributed by atoms with Crippen molar-refractivity contribution in [2.24, 2.45) is 0 Å². The third-order valence-corrected chi connectivity index (χ3v) is 3.24. The summed E-state index contributed by atoms with van der Waals surface area (Å²) < 4.78 is 0.832. The van der Waals surface area contributed by atoms with Crippen molar-refractivity contribution in [1.82, 2.24) is 9.97 Å². The Kier molecular flexibility index (Phi) is 4.62. The molecule has 1 heterocycles. The molecule has 0 spiro atoms. The van der Waals surface area contributed by atoms with Gasteiger partial charge in [0.1, 0.15) is 0 Å². The van der Waals surface area contributed by atoms with E-state index in [4.69, 9.17) is 0 Å². The zero-order chi connectivity index (χ0) is 13.1. The van der Waals surface area contributed by atoms with Gasteiger partial charge in [-0.2, -0.15) is 0 Å². The van der Waals surface area contributed by atoms with Gasteiger partial charge >= 0.3 is 0 Å². The number of Topliss-reactive ketones (excluding diaryl/α,β-unsaturated/α-hetero) is 1. The first-order chi connectivity index (χ1) is 7.89. The Hall–Kier alpha value is -0.970. The first-order valence-electron chi connectivity index (χ1n) is 5.65. The molecule has 0 bridgehead atoms.